The fraction of sp³-hybridized carbons (Fsp3) is 0.238. The highest BCUT2D eigenvalue weighted by Gasteiger charge is 2.19. The summed E-state index contributed by atoms with van der Waals surface area (Å²) in [5, 5.41) is 5.23. The zero-order valence-electron chi connectivity index (χ0n) is 13.9. The molecule has 1 amide bonds. The molecule has 1 saturated carbocycles. The van der Waals surface area contributed by atoms with Gasteiger partial charge in [-0.25, -0.2) is 0 Å². The van der Waals surface area contributed by atoms with E-state index in [0.29, 0.717) is 5.69 Å². The molecule has 0 spiro atoms. The van der Waals surface area contributed by atoms with Crippen LogP contribution in [0.15, 0.2) is 59.4 Å². The summed E-state index contributed by atoms with van der Waals surface area (Å²) in [5.41, 5.74) is 1.48. The van der Waals surface area contributed by atoms with Gasteiger partial charge in [0.1, 0.15) is 5.56 Å². The lowest BCUT2D eigenvalue weighted by Crippen LogP contribution is -2.36. The number of rotatable bonds is 3. The molecule has 0 radical (unpaired) electrons. The third-order valence-corrected chi connectivity index (χ3v) is 4.90. The van der Waals surface area contributed by atoms with E-state index < -0.39 is 0 Å². The maximum Gasteiger partial charge on any atom is 0.261 e. The van der Waals surface area contributed by atoms with Crippen molar-refractivity contribution in [2.75, 3.05) is 0 Å². The van der Waals surface area contributed by atoms with Crippen molar-refractivity contribution < 1.29 is 4.79 Å². The summed E-state index contributed by atoms with van der Waals surface area (Å²) in [4.78, 5) is 27.5. The first-order chi connectivity index (χ1) is 12.2. The van der Waals surface area contributed by atoms with Gasteiger partial charge in [-0.15, -0.1) is 0 Å². The van der Waals surface area contributed by atoms with Gasteiger partial charge in [0, 0.05) is 11.7 Å². The third kappa shape index (κ3) is 3.20. The number of H-pyrrole nitrogens is 1. The van der Waals surface area contributed by atoms with E-state index in [0.717, 1.165) is 42.0 Å². The lowest BCUT2D eigenvalue weighted by Gasteiger charge is -2.11. The molecule has 4 rings (SSSR count). The van der Waals surface area contributed by atoms with Gasteiger partial charge in [0.15, 0.2) is 0 Å². The number of hydrogen-bond acceptors (Lipinski definition) is 2. The number of amides is 1. The molecule has 4 nitrogen and oxygen atoms in total. The van der Waals surface area contributed by atoms with Gasteiger partial charge in [0.25, 0.3) is 11.5 Å². The molecule has 3 aromatic rings. The normalized spacial score (nSPS) is 14.7. The second-order valence-corrected chi connectivity index (χ2v) is 6.63. The van der Waals surface area contributed by atoms with E-state index in [4.69, 9.17) is 0 Å². The Hall–Kier alpha value is -2.88. The number of hydrogen-bond donors (Lipinski definition) is 2. The number of aromatic nitrogens is 1. The molecule has 0 saturated heterocycles. The monoisotopic (exact) mass is 332 g/mol. The molecule has 1 aromatic heterocycles. The Morgan fingerprint density at radius 2 is 1.72 bits per heavy atom. The van der Waals surface area contributed by atoms with Crippen molar-refractivity contribution in [3.8, 4) is 11.3 Å². The summed E-state index contributed by atoms with van der Waals surface area (Å²) < 4.78 is 0. The molecule has 1 aliphatic rings. The average Bonchev–Trinajstić information content (AvgIpc) is 3.14. The summed E-state index contributed by atoms with van der Waals surface area (Å²) in [6.07, 6.45) is 4.28. The summed E-state index contributed by atoms with van der Waals surface area (Å²) >= 11 is 0. The van der Waals surface area contributed by atoms with Gasteiger partial charge >= 0.3 is 0 Å². The highest BCUT2D eigenvalue weighted by atomic mass is 16.2. The molecule has 2 aromatic carbocycles. The Morgan fingerprint density at radius 3 is 2.48 bits per heavy atom. The minimum Gasteiger partial charge on any atom is -0.349 e. The number of carbonyl (C=O) groups excluding carboxylic acids is 1. The molecule has 0 aliphatic heterocycles. The molecule has 25 heavy (non-hydrogen) atoms. The molecule has 1 heterocycles. The van der Waals surface area contributed by atoms with Crippen LogP contribution in [0.3, 0.4) is 0 Å². The summed E-state index contributed by atoms with van der Waals surface area (Å²) in [5.74, 6) is -0.279. The Morgan fingerprint density at radius 1 is 0.960 bits per heavy atom. The van der Waals surface area contributed by atoms with Crippen LogP contribution in [0.25, 0.3) is 22.0 Å². The number of pyridine rings is 1. The van der Waals surface area contributed by atoms with E-state index in [-0.39, 0.29) is 23.1 Å². The largest absolute Gasteiger partial charge is 0.349 e. The van der Waals surface area contributed by atoms with Crippen LogP contribution in [0.5, 0.6) is 0 Å². The fourth-order valence-corrected chi connectivity index (χ4v) is 3.51. The van der Waals surface area contributed by atoms with Crippen LogP contribution in [-0.2, 0) is 0 Å². The first-order valence-electron chi connectivity index (χ1n) is 8.74. The quantitative estimate of drug-likeness (QED) is 0.765. The van der Waals surface area contributed by atoms with E-state index in [9.17, 15) is 9.59 Å². The molecular weight excluding hydrogens is 312 g/mol. The molecule has 4 heteroatoms. The fourth-order valence-electron chi connectivity index (χ4n) is 3.51. The predicted octanol–water partition coefficient (Wildman–Crippen LogP) is 3.87. The molecule has 1 fully saturated rings. The molecule has 2 N–H and O–H groups in total. The zero-order valence-corrected chi connectivity index (χ0v) is 13.9. The molecule has 1 aliphatic carbocycles. The highest BCUT2D eigenvalue weighted by molar-refractivity contribution is 5.94. The average molecular weight is 332 g/mol. The molecule has 0 atom stereocenters. The van der Waals surface area contributed by atoms with Crippen molar-refractivity contribution in [3.05, 3.63) is 70.5 Å². The maximum atomic E-state index is 12.4. The second-order valence-electron chi connectivity index (χ2n) is 6.63. The minimum atomic E-state index is -0.346. The van der Waals surface area contributed by atoms with Gasteiger partial charge in [-0.1, -0.05) is 49.2 Å². The third-order valence-electron chi connectivity index (χ3n) is 4.90. The van der Waals surface area contributed by atoms with E-state index in [1.54, 1.807) is 12.1 Å². The van der Waals surface area contributed by atoms with E-state index in [1.165, 1.54) is 0 Å². The number of benzene rings is 2. The van der Waals surface area contributed by atoms with Gasteiger partial charge in [-0.05, 0) is 47.4 Å². The van der Waals surface area contributed by atoms with Gasteiger partial charge in [0.05, 0.1) is 0 Å². The Balaban J connectivity index is 1.62. The first kappa shape index (κ1) is 15.6. The van der Waals surface area contributed by atoms with Gasteiger partial charge in [-0.2, -0.15) is 0 Å². The minimum absolute atomic E-state index is 0.177. The van der Waals surface area contributed by atoms with Crippen LogP contribution in [0.1, 0.15) is 36.0 Å². The van der Waals surface area contributed by atoms with Crippen molar-refractivity contribution in [2.45, 2.75) is 31.7 Å². The van der Waals surface area contributed by atoms with Crippen LogP contribution in [0, 0.1) is 0 Å². The van der Waals surface area contributed by atoms with E-state index in [2.05, 4.69) is 16.4 Å². The molecular formula is C21H20N2O2. The SMILES string of the molecule is O=C(NC1CCCC1)c1ccc(-c2ccc3ccccc3c2)[nH]c1=O. The van der Waals surface area contributed by atoms with Crippen molar-refractivity contribution in [2.24, 2.45) is 0 Å². The molecule has 0 bridgehead atoms. The van der Waals surface area contributed by atoms with Crippen LogP contribution in [0.4, 0.5) is 0 Å². The Bertz CT molecular complexity index is 984. The predicted molar refractivity (Wildman–Crippen MR) is 99.7 cm³/mol. The number of carbonyl (C=O) groups is 1. The van der Waals surface area contributed by atoms with Crippen molar-refractivity contribution >= 4 is 16.7 Å². The lowest BCUT2D eigenvalue weighted by molar-refractivity contribution is 0.0936. The van der Waals surface area contributed by atoms with Crippen molar-refractivity contribution in [1.29, 1.82) is 0 Å². The summed E-state index contributed by atoms with van der Waals surface area (Å²) in [6.45, 7) is 0. The highest BCUT2D eigenvalue weighted by Crippen LogP contribution is 2.22. The van der Waals surface area contributed by atoms with E-state index in [1.807, 2.05) is 36.4 Å². The first-order valence-corrected chi connectivity index (χ1v) is 8.74. The van der Waals surface area contributed by atoms with Crippen LogP contribution < -0.4 is 10.9 Å². The lowest BCUT2D eigenvalue weighted by atomic mass is 10.0. The van der Waals surface area contributed by atoms with Gasteiger partial charge < -0.3 is 10.3 Å². The van der Waals surface area contributed by atoms with Crippen LogP contribution >= 0.6 is 0 Å². The standard InChI is InChI=1S/C21H20N2O2/c24-20(22-17-7-3-4-8-17)18-11-12-19(23-21(18)25)16-10-9-14-5-1-2-6-15(14)13-16/h1-2,5-6,9-13,17H,3-4,7-8H2,(H,22,24)(H,23,25). The molecule has 0 unspecified atom stereocenters. The maximum absolute atomic E-state index is 12.4. The van der Waals surface area contributed by atoms with Gasteiger partial charge in [0.2, 0.25) is 0 Å². The van der Waals surface area contributed by atoms with Crippen LogP contribution in [0.2, 0.25) is 0 Å². The summed E-state index contributed by atoms with van der Waals surface area (Å²) in [7, 11) is 0. The van der Waals surface area contributed by atoms with Crippen molar-refractivity contribution in [1.82, 2.24) is 10.3 Å². The zero-order chi connectivity index (χ0) is 17.2. The van der Waals surface area contributed by atoms with E-state index >= 15 is 0 Å². The number of aromatic amines is 1. The smallest absolute Gasteiger partial charge is 0.261 e. The second kappa shape index (κ2) is 6.55. The Labute approximate surface area is 145 Å². The van der Waals surface area contributed by atoms with Crippen molar-refractivity contribution in [3.63, 3.8) is 0 Å². The summed E-state index contributed by atoms with van der Waals surface area (Å²) in [6, 6.07) is 17.8. The number of nitrogens with one attached hydrogen (secondary N) is 2. The van der Waals surface area contributed by atoms with Crippen LogP contribution in [-0.4, -0.2) is 16.9 Å². The van der Waals surface area contributed by atoms with Gasteiger partial charge in [-0.3, -0.25) is 9.59 Å². The topological polar surface area (TPSA) is 62.0 Å². The Kier molecular flexibility index (Phi) is 4.10. The number of fused-ring (bicyclic) bond motifs is 1. The molecule has 126 valence electrons.